The van der Waals surface area contributed by atoms with Gasteiger partial charge in [0.1, 0.15) is 12.4 Å². The van der Waals surface area contributed by atoms with Crippen molar-refractivity contribution in [3.63, 3.8) is 0 Å². The highest BCUT2D eigenvalue weighted by molar-refractivity contribution is 6.07. The van der Waals surface area contributed by atoms with Gasteiger partial charge in [-0.25, -0.2) is 0 Å². The Bertz CT molecular complexity index is 990. The normalized spacial score (nSPS) is 14.1. The number of para-hydroxylation sites is 1. The molecule has 0 aromatic heterocycles. The van der Waals surface area contributed by atoms with Gasteiger partial charge in [0.25, 0.3) is 0 Å². The van der Waals surface area contributed by atoms with Crippen LogP contribution in [0.2, 0.25) is 0 Å². The second kappa shape index (κ2) is 9.90. The van der Waals surface area contributed by atoms with Crippen LogP contribution in [0.15, 0.2) is 84.9 Å². The smallest absolute Gasteiger partial charge is 0.185 e. The lowest BCUT2D eigenvalue weighted by molar-refractivity contribution is 0.104. The Kier molecular flexibility index (Phi) is 6.58. The average Bonchev–Trinajstić information content (AvgIpc) is 2.83. The Balaban J connectivity index is 1.41. The molecule has 4 nitrogen and oxygen atoms in total. The van der Waals surface area contributed by atoms with Crippen molar-refractivity contribution in [2.24, 2.45) is 0 Å². The first-order valence-electron chi connectivity index (χ1n) is 10.2. The van der Waals surface area contributed by atoms with Crippen molar-refractivity contribution >= 4 is 17.5 Å². The molecule has 0 spiro atoms. The van der Waals surface area contributed by atoms with Crippen molar-refractivity contribution in [3.05, 3.63) is 102 Å². The third kappa shape index (κ3) is 5.16. The van der Waals surface area contributed by atoms with Gasteiger partial charge in [0.15, 0.2) is 5.78 Å². The topological polar surface area (TPSA) is 38.8 Å². The maximum absolute atomic E-state index is 12.6. The molecule has 3 aromatic carbocycles. The number of hydrogen-bond donors (Lipinski definition) is 0. The van der Waals surface area contributed by atoms with Gasteiger partial charge < -0.3 is 14.4 Å². The van der Waals surface area contributed by atoms with Gasteiger partial charge >= 0.3 is 0 Å². The molecule has 1 fully saturated rings. The van der Waals surface area contributed by atoms with Crippen molar-refractivity contribution < 1.29 is 14.3 Å². The number of carbonyl (C=O) groups excluding carboxylic acids is 1. The number of anilines is 1. The van der Waals surface area contributed by atoms with Crippen LogP contribution in [0.1, 0.15) is 21.5 Å². The van der Waals surface area contributed by atoms with E-state index in [0.717, 1.165) is 48.9 Å². The Labute approximate surface area is 177 Å². The summed E-state index contributed by atoms with van der Waals surface area (Å²) in [7, 11) is 0. The number of hydrogen-bond acceptors (Lipinski definition) is 4. The Morgan fingerprint density at radius 2 is 1.60 bits per heavy atom. The van der Waals surface area contributed by atoms with Gasteiger partial charge in [-0.15, -0.1) is 0 Å². The minimum Gasteiger partial charge on any atom is -0.488 e. The first kappa shape index (κ1) is 19.9. The van der Waals surface area contributed by atoms with Gasteiger partial charge in [-0.1, -0.05) is 48.5 Å². The molecule has 152 valence electrons. The molecular weight excluding hydrogens is 374 g/mol. The van der Waals surface area contributed by atoms with Gasteiger partial charge in [-0.05, 0) is 48.0 Å². The van der Waals surface area contributed by atoms with Crippen molar-refractivity contribution in [1.82, 2.24) is 0 Å². The summed E-state index contributed by atoms with van der Waals surface area (Å²) in [5.41, 5.74) is 3.78. The summed E-state index contributed by atoms with van der Waals surface area (Å²) in [5, 5.41) is 0. The number of ether oxygens (including phenoxy) is 2. The van der Waals surface area contributed by atoms with Crippen LogP contribution in [0.4, 0.5) is 5.69 Å². The van der Waals surface area contributed by atoms with E-state index in [1.165, 1.54) is 0 Å². The number of allylic oxidation sites excluding steroid dienone is 1. The first-order valence-corrected chi connectivity index (χ1v) is 10.2. The van der Waals surface area contributed by atoms with E-state index in [2.05, 4.69) is 4.90 Å². The number of rotatable bonds is 7. The average molecular weight is 399 g/mol. The zero-order chi connectivity index (χ0) is 20.6. The molecule has 0 bridgehead atoms. The fraction of sp³-hybridized carbons (Fsp3) is 0.192. The largest absolute Gasteiger partial charge is 0.488 e. The highest BCUT2D eigenvalue weighted by Gasteiger charge is 2.11. The summed E-state index contributed by atoms with van der Waals surface area (Å²) in [6.45, 7) is 3.74. The molecule has 1 heterocycles. The Morgan fingerprint density at radius 3 is 2.37 bits per heavy atom. The molecule has 0 saturated carbocycles. The highest BCUT2D eigenvalue weighted by atomic mass is 16.5. The molecule has 0 unspecified atom stereocenters. The number of nitrogens with zero attached hydrogens (tertiary/aromatic N) is 1. The van der Waals surface area contributed by atoms with Crippen LogP contribution in [-0.2, 0) is 11.3 Å². The molecule has 0 aliphatic carbocycles. The lowest BCUT2D eigenvalue weighted by Gasteiger charge is -2.28. The standard InChI is InChI=1S/C26H25NO3/c28-25(22-10-13-24(14-11-22)27-16-18-29-19-17-27)15-12-23-8-4-5-9-26(23)30-20-21-6-2-1-3-7-21/h1-15H,16-20H2. The Morgan fingerprint density at radius 1 is 0.900 bits per heavy atom. The van der Waals surface area contributed by atoms with Crippen molar-refractivity contribution in [1.29, 1.82) is 0 Å². The zero-order valence-electron chi connectivity index (χ0n) is 16.9. The van der Waals surface area contributed by atoms with Gasteiger partial charge in [0.2, 0.25) is 0 Å². The van der Waals surface area contributed by atoms with E-state index in [1.807, 2.05) is 84.9 Å². The summed E-state index contributed by atoms with van der Waals surface area (Å²) >= 11 is 0. The maximum Gasteiger partial charge on any atom is 0.185 e. The number of benzene rings is 3. The van der Waals surface area contributed by atoms with E-state index in [9.17, 15) is 4.79 Å². The second-order valence-corrected chi connectivity index (χ2v) is 7.16. The predicted octanol–water partition coefficient (Wildman–Crippen LogP) is 5.00. The number of ketones is 1. The van der Waals surface area contributed by atoms with E-state index >= 15 is 0 Å². The molecule has 0 radical (unpaired) electrons. The van der Waals surface area contributed by atoms with Crippen LogP contribution in [0, 0.1) is 0 Å². The highest BCUT2D eigenvalue weighted by Crippen LogP contribution is 2.22. The van der Waals surface area contributed by atoms with E-state index in [0.29, 0.717) is 12.2 Å². The maximum atomic E-state index is 12.6. The Hall–Kier alpha value is -3.37. The lowest BCUT2D eigenvalue weighted by Crippen LogP contribution is -2.36. The minimum absolute atomic E-state index is 0.0265. The molecule has 1 aliphatic heterocycles. The summed E-state index contributed by atoms with van der Waals surface area (Å²) in [5.74, 6) is 0.731. The molecule has 30 heavy (non-hydrogen) atoms. The molecule has 1 aliphatic rings. The van der Waals surface area contributed by atoms with Crippen LogP contribution in [0.3, 0.4) is 0 Å². The third-order valence-corrected chi connectivity index (χ3v) is 5.10. The molecule has 0 N–H and O–H groups in total. The molecule has 1 saturated heterocycles. The van der Waals surface area contributed by atoms with Crippen LogP contribution in [-0.4, -0.2) is 32.1 Å². The number of morpholine rings is 1. The molecule has 4 heteroatoms. The minimum atomic E-state index is -0.0265. The fourth-order valence-corrected chi connectivity index (χ4v) is 3.40. The van der Waals surface area contributed by atoms with E-state index in [1.54, 1.807) is 6.08 Å². The summed E-state index contributed by atoms with van der Waals surface area (Å²) in [6, 6.07) is 25.6. The summed E-state index contributed by atoms with van der Waals surface area (Å²) in [6.07, 6.45) is 3.42. The van der Waals surface area contributed by atoms with E-state index < -0.39 is 0 Å². The van der Waals surface area contributed by atoms with Crippen molar-refractivity contribution in [3.8, 4) is 5.75 Å². The fourth-order valence-electron chi connectivity index (χ4n) is 3.40. The number of carbonyl (C=O) groups is 1. The van der Waals surface area contributed by atoms with E-state index in [-0.39, 0.29) is 5.78 Å². The zero-order valence-corrected chi connectivity index (χ0v) is 16.9. The SMILES string of the molecule is O=C(C=Cc1ccccc1OCc1ccccc1)c1ccc(N2CCOCC2)cc1. The van der Waals surface area contributed by atoms with Crippen molar-refractivity contribution in [2.45, 2.75) is 6.61 Å². The van der Waals surface area contributed by atoms with E-state index in [4.69, 9.17) is 9.47 Å². The molecule has 0 amide bonds. The molecular formula is C26H25NO3. The van der Waals surface area contributed by atoms with Crippen LogP contribution >= 0.6 is 0 Å². The monoisotopic (exact) mass is 399 g/mol. The van der Waals surface area contributed by atoms with Gasteiger partial charge in [-0.2, -0.15) is 0 Å². The lowest BCUT2D eigenvalue weighted by atomic mass is 10.1. The van der Waals surface area contributed by atoms with Gasteiger partial charge in [-0.3, -0.25) is 4.79 Å². The molecule has 0 atom stereocenters. The van der Waals surface area contributed by atoms with Gasteiger partial charge in [0, 0.05) is 29.9 Å². The molecule has 3 aromatic rings. The second-order valence-electron chi connectivity index (χ2n) is 7.16. The quantitative estimate of drug-likeness (QED) is 0.414. The third-order valence-electron chi connectivity index (χ3n) is 5.10. The van der Waals surface area contributed by atoms with Crippen LogP contribution in [0.25, 0.3) is 6.08 Å². The summed E-state index contributed by atoms with van der Waals surface area (Å²) in [4.78, 5) is 14.9. The van der Waals surface area contributed by atoms with Crippen molar-refractivity contribution in [2.75, 3.05) is 31.2 Å². The predicted molar refractivity (Wildman–Crippen MR) is 120 cm³/mol. The van der Waals surface area contributed by atoms with Gasteiger partial charge in [0.05, 0.1) is 13.2 Å². The molecule has 4 rings (SSSR count). The first-order chi connectivity index (χ1) is 14.8. The summed E-state index contributed by atoms with van der Waals surface area (Å²) < 4.78 is 11.4. The van der Waals surface area contributed by atoms with Crippen LogP contribution < -0.4 is 9.64 Å². The van der Waals surface area contributed by atoms with Crippen LogP contribution in [0.5, 0.6) is 5.75 Å².